The molecule has 5 nitrogen and oxygen atoms in total. The largest absolute Gasteiger partial charge is 0.399 e. The van der Waals surface area contributed by atoms with E-state index in [-0.39, 0.29) is 23.6 Å². The molecule has 0 fully saturated rings. The molecule has 0 aliphatic rings. The van der Waals surface area contributed by atoms with Crippen molar-refractivity contribution in [3.8, 4) is 0 Å². The van der Waals surface area contributed by atoms with Crippen LogP contribution in [0.2, 0.25) is 0 Å². The number of Topliss-reactive ketones (excluding diaryl/α,β-unsaturated/α-hetero) is 1. The maximum atomic E-state index is 12.2. The number of ketones is 1. The number of nitrogens with two attached hydrogens (primary N) is 1. The van der Waals surface area contributed by atoms with Crippen LogP contribution in [0.25, 0.3) is 10.9 Å². The SMILES string of the molecule is Nc1cccc(CCC(=O)c2nc3ccccc3c(=O)[nH]2)c1. The molecular formula is C17H15N3O2. The molecule has 1 heterocycles. The standard InChI is InChI=1S/C17H15N3O2/c18-12-5-3-4-11(10-12)8-9-15(21)16-19-14-7-2-1-6-13(14)17(22)20-16/h1-7,10H,8-9,18H2,(H,19,20,22). The van der Waals surface area contributed by atoms with Gasteiger partial charge in [0.15, 0.2) is 11.6 Å². The van der Waals surface area contributed by atoms with Gasteiger partial charge in [0.25, 0.3) is 5.56 Å². The van der Waals surface area contributed by atoms with Crippen LogP contribution in [0.4, 0.5) is 5.69 Å². The number of carbonyl (C=O) groups is 1. The molecule has 3 rings (SSSR count). The van der Waals surface area contributed by atoms with E-state index in [1.807, 2.05) is 18.2 Å². The Kier molecular flexibility index (Phi) is 3.70. The number of anilines is 1. The van der Waals surface area contributed by atoms with E-state index in [1.165, 1.54) is 0 Å². The van der Waals surface area contributed by atoms with Crippen molar-refractivity contribution in [2.45, 2.75) is 12.8 Å². The lowest BCUT2D eigenvalue weighted by Gasteiger charge is -2.03. The van der Waals surface area contributed by atoms with E-state index in [1.54, 1.807) is 30.3 Å². The van der Waals surface area contributed by atoms with Crippen molar-refractivity contribution in [2.24, 2.45) is 0 Å². The lowest BCUT2D eigenvalue weighted by atomic mass is 10.1. The Morgan fingerprint density at radius 3 is 2.77 bits per heavy atom. The summed E-state index contributed by atoms with van der Waals surface area (Å²) in [7, 11) is 0. The minimum absolute atomic E-state index is 0.104. The average molecular weight is 293 g/mol. The molecule has 0 saturated heterocycles. The van der Waals surface area contributed by atoms with Gasteiger partial charge in [-0.05, 0) is 36.2 Å². The first-order valence-corrected chi connectivity index (χ1v) is 7.00. The fourth-order valence-corrected chi connectivity index (χ4v) is 2.34. The number of nitrogen functional groups attached to an aromatic ring is 1. The van der Waals surface area contributed by atoms with Crippen molar-refractivity contribution < 1.29 is 4.79 Å². The normalized spacial score (nSPS) is 10.7. The van der Waals surface area contributed by atoms with E-state index in [0.717, 1.165) is 5.56 Å². The number of hydrogen-bond donors (Lipinski definition) is 2. The van der Waals surface area contributed by atoms with Crippen molar-refractivity contribution in [1.82, 2.24) is 9.97 Å². The minimum Gasteiger partial charge on any atom is -0.399 e. The summed E-state index contributed by atoms with van der Waals surface area (Å²) in [5.74, 6) is -0.0853. The highest BCUT2D eigenvalue weighted by atomic mass is 16.1. The zero-order chi connectivity index (χ0) is 15.5. The van der Waals surface area contributed by atoms with Gasteiger partial charge in [-0.25, -0.2) is 4.98 Å². The molecule has 0 saturated carbocycles. The third-order valence-corrected chi connectivity index (χ3v) is 3.47. The summed E-state index contributed by atoms with van der Waals surface area (Å²) in [6, 6.07) is 14.4. The van der Waals surface area contributed by atoms with Gasteiger partial charge in [0, 0.05) is 12.1 Å². The number of para-hydroxylation sites is 1. The van der Waals surface area contributed by atoms with E-state index in [0.29, 0.717) is 23.0 Å². The fraction of sp³-hybridized carbons (Fsp3) is 0.118. The topological polar surface area (TPSA) is 88.8 Å². The van der Waals surface area contributed by atoms with Gasteiger partial charge in [0.2, 0.25) is 0 Å². The van der Waals surface area contributed by atoms with Gasteiger partial charge in [-0.1, -0.05) is 24.3 Å². The smallest absolute Gasteiger partial charge is 0.259 e. The number of aromatic nitrogens is 2. The first-order valence-electron chi connectivity index (χ1n) is 7.00. The van der Waals surface area contributed by atoms with Crippen molar-refractivity contribution in [3.63, 3.8) is 0 Å². The van der Waals surface area contributed by atoms with Crippen LogP contribution >= 0.6 is 0 Å². The molecule has 0 atom stereocenters. The molecule has 0 spiro atoms. The maximum Gasteiger partial charge on any atom is 0.259 e. The number of aromatic amines is 1. The number of carbonyl (C=O) groups excluding carboxylic acids is 1. The number of aryl methyl sites for hydroxylation is 1. The molecule has 0 bridgehead atoms. The van der Waals surface area contributed by atoms with E-state index in [2.05, 4.69) is 9.97 Å². The number of nitrogens with one attached hydrogen (secondary N) is 1. The van der Waals surface area contributed by atoms with Crippen molar-refractivity contribution in [3.05, 3.63) is 70.3 Å². The molecule has 3 N–H and O–H groups in total. The quantitative estimate of drug-likeness (QED) is 0.570. The molecule has 5 heteroatoms. The molecule has 1 aromatic heterocycles. The van der Waals surface area contributed by atoms with E-state index in [4.69, 9.17) is 5.73 Å². The molecule has 0 unspecified atom stereocenters. The van der Waals surface area contributed by atoms with Gasteiger partial charge in [0.1, 0.15) is 0 Å². The third-order valence-electron chi connectivity index (χ3n) is 3.47. The first-order chi connectivity index (χ1) is 10.6. The zero-order valence-electron chi connectivity index (χ0n) is 11.9. The Hall–Kier alpha value is -2.95. The van der Waals surface area contributed by atoms with Crippen molar-refractivity contribution in [2.75, 3.05) is 5.73 Å². The Bertz CT molecular complexity index is 900. The number of rotatable bonds is 4. The lowest BCUT2D eigenvalue weighted by molar-refractivity contribution is 0.0973. The molecule has 0 amide bonds. The monoisotopic (exact) mass is 293 g/mol. The van der Waals surface area contributed by atoms with Gasteiger partial charge < -0.3 is 10.7 Å². The van der Waals surface area contributed by atoms with Gasteiger partial charge in [-0.2, -0.15) is 0 Å². The minimum atomic E-state index is -0.294. The summed E-state index contributed by atoms with van der Waals surface area (Å²) in [5.41, 5.74) is 7.60. The summed E-state index contributed by atoms with van der Waals surface area (Å²) in [6.07, 6.45) is 0.825. The fourth-order valence-electron chi connectivity index (χ4n) is 2.34. The molecule has 22 heavy (non-hydrogen) atoms. The summed E-state index contributed by atoms with van der Waals surface area (Å²) >= 11 is 0. The van der Waals surface area contributed by atoms with Crippen molar-refractivity contribution >= 4 is 22.4 Å². The molecule has 0 aliphatic carbocycles. The van der Waals surface area contributed by atoms with Gasteiger partial charge in [-0.3, -0.25) is 9.59 Å². The second-order valence-corrected chi connectivity index (χ2v) is 5.10. The van der Waals surface area contributed by atoms with Crippen LogP contribution in [-0.2, 0) is 6.42 Å². The summed E-state index contributed by atoms with van der Waals surface area (Å²) < 4.78 is 0. The number of benzene rings is 2. The highest BCUT2D eigenvalue weighted by Crippen LogP contribution is 2.11. The zero-order valence-corrected chi connectivity index (χ0v) is 11.9. The predicted octanol–water partition coefficient (Wildman–Crippen LogP) is 2.32. The molecule has 110 valence electrons. The molecular weight excluding hydrogens is 278 g/mol. The Morgan fingerprint density at radius 1 is 1.14 bits per heavy atom. The molecule has 0 aliphatic heterocycles. The third kappa shape index (κ3) is 2.88. The van der Waals surface area contributed by atoms with Crippen LogP contribution in [0, 0.1) is 0 Å². The molecule has 2 aromatic carbocycles. The average Bonchev–Trinajstić information content (AvgIpc) is 2.52. The summed E-state index contributed by atoms with van der Waals surface area (Å²) in [6.45, 7) is 0. The number of hydrogen-bond acceptors (Lipinski definition) is 4. The summed E-state index contributed by atoms with van der Waals surface area (Å²) in [4.78, 5) is 31.0. The van der Waals surface area contributed by atoms with Crippen LogP contribution in [0.15, 0.2) is 53.3 Å². The Morgan fingerprint density at radius 2 is 1.95 bits per heavy atom. The van der Waals surface area contributed by atoms with Crippen LogP contribution in [0.3, 0.4) is 0 Å². The number of H-pyrrole nitrogens is 1. The van der Waals surface area contributed by atoms with Gasteiger partial charge in [0.05, 0.1) is 10.9 Å². The van der Waals surface area contributed by atoms with Crippen LogP contribution in [-0.4, -0.2) is 15.8 Å². The summed E-state index contributed by atoms with van der Waals surface area (Å²) in [5, 5.41) is 0.481. The molecule has 0 radical (unpaired) electrons. The number of nitrogens with zero attached hydrogens (tertiary/aromatic N) is 1. The Balaban J connectivity index is 1.82. The second kappa shape index (κ2) is 5.81. The second-order valence-electron chi connectivity index (χ2n) is 5.10. The lowest BCUT2D eigenvalue weighted by Crippen LogP contribution is -2.16. The van der Waals surface area contributed by atoms with Crippen LogP contribution in [0.1, 0.15) is 22.6 Å². The van der Waals surface area contributed by atoms with E-state index < -0.39 is 0 Å². The van der Waals surface area contributed by atoms with Gasteiger partial charge >= 0.3 is 0 Å². The van der Waals surface area contributed by atoms with E-state index >= 15 is 0 Å². The Labute approximate surface area is 126 Å². The van der Waals surface area contributed by atoms with Gasteiger partial charge in [-0.15, -0.1) is 0 Å². The maximum absolute atomic E-state index is 12.2. The number of fused-ring (bicyclic) bond motifs is 1. The van der Waals surface area contributed by atoms with Crippen molar-refractivity contribution in [1.29, 1.82) is 0 Å². The van der Waals surface area contributed by atoms with Crippen LogP contribution in [0.5, 0.6) is 0 Å². The highest BCUT2D eigenvalue weighted by molar-refractivity contribution is 5.94. The predicted molar refractivity (Wildman–Crippen MR) is 85.9 cm³/mol. The first kappa shape index (κ1) is 14.0. The van der Waals surface area contributed by atoms with E-state index in [9.17, 15) is 9.59 Å². The van der Waals surface area contributed by atoms with Crippen LogP contribution < -0.4 is 11.3 Å². The molecule has 3 aromatic rings. The highest BCUT2D eigenvalue weighted by Gasteiger charge is 2.11.